The van der Waals surface area contributed by atoms with E-state index in [4.69, 9.17) is 22.6 Å². The van der Waals surface area contributed by atoms with Crippen LogP contribution in [0.3, 0.4) is 0 Å². The number of hydrogen-bond donors (Lipinski definition) is 6. The summed E-state index contributed by atoms with van der Waals surface area (Å²) >= 11 is 0. The lowest BCUT2D eigenvalue weighted by molar-refractivity contribution is -0.277. The van der Waals surface area contributed by atoms with Crippen molar-refractivity contribution in [3.05, 3.63) is 66.2 Å². The number of alkyl carbamates (subject to hydrolysis) is 1. The molecule has 3 aromatic carbocycles. The maximum atomic E-state index is 13.0. The van der Waals surface area contributed by atoms with Crippen LogP contribution in [0.1, 0.15) is 26.3 Å². The Morgan fingerprint density at radius 3 is 2.09 bits per heavy atom. The average Bonchev–Trinajstić information content (AvgIpc) is 2.97. The minimum absolute atomic E-state index is 0.145. The lowest BCUT2D eigenvalue weighted by Crippen LogP contribution is -2.60. The van der Waals surface area contributed by atoms with Crippen LogP contribution in [-0.4, -0.2) is 95.0 Å². The number of ether oxygens (including phenoxy) is 3. The molecule has 0 aromatic heterocycles. The van der Waals surface area contributed by atoms with Crippen LogP contribution < -0.4 is 18.4 Å². The maximum Gasteiger partial charge on any atom is 0.501 e. The van der Waals surface area contributed by atoms with Crippen molar-refractivity contribution in [3.63, 3.8) is 0 Å². The predicted octanol–water partition coefficient (Wildman–Crippen LogP) is 1.24. The van der Waals surface area contributed by atoms with E-state index in [1.54, 1.807) is 45.0 Å². The van der Waals surface area contributed by atoms with E-state index < -0.39 is 71.4 Å². The van der Waals surface area contributed by atoms with Crippen LogP contribution >= 0.6 is 0 Å². The minimum Gasteiger partial charge on any atom is -0.480 e. The van der Waals surface area contributed by atoms with E-state index in [0.29, 0.717) is 16.3 Å². The van der Waals surface area contributed by atoms with Crippen molar-refractivity contribution in [2.45, 2.75) is 69.5 Å². The summed E-state index contributed by atoms with van der Waals surface area (Å²) in [4.78, 5) is 23.7. The molecule has 0 aliphatic carbocycles. The molecule has 46 heavy (non-hydrogen) atoms. The van der Waals surface area contributed by atoms with Crippen LogP contribution in [0.4, 0.5) is 4.79 Å². The first-order valence-corrected chi connectivity index (χ1v) is 15.3. The summed E-state index contributed by atoms with van der Waals surface area (Å²) in [5.41, 5.74) is -0.404. The minimum atomic E-state index is -4.83. The molecule has 16 heteroatoms. The van der Waals surface area contributed by atoms with Gasteiger partial charge in [0.2, 0.25) is 6.29 Å². The Morgan fingerprint density at radius 1 is 0.913 bits per heavy atom. The zero-order valence-corrected chi connectivity index (χ0v) is 25.8. The van der Waals surface area contributed by atoms with Crippen molar-refractivity contribution in [3.8, 4) is 17.2 Å². The van der Waals surface area contributed by atoms with Gasteiger partial charge in [-0.15, -0.1) is 8.42 Å². The van der Waals surface area contributed by atoms with Crippen LogP contribution in [0, 0.1) is 0 Å². The van der Waals surface area contributed by atoms with E-state index in [-0.39, 0.29) is 23.7 Å². The molecular weight excluding hydrogens is 630 g/mol. The molecule has 1 aliphatic rings. The van der Waals surface area contributed by atoms with Gasteiger partial charge in [-0.3, -0.25) is 0 Å². The lowest BCUT2D eigenvalue weighted by atomic mass is 9.99. The summed E-state index contributed by atoms with van der Waals surface area (Å²) in [6, 6.07) is 13.5. The van der Waals surface area contributed by atoms with E-state index in [1.807, 2.05) is 0 Å². The zero-order chi connectivity index (χ0) is 33.8. The van der Waals surface area contributed by atoms with Crippen LogP contribution in [0.15, 0.2) is 60.7 Å². The summed E-state index contributed by atoms with van der Waals surface area (Å²) in [6.07, 6.45) is -9.11. The van der Waals surface area contributed by atoms with E-state index >= 15 is 0 Å². The number of benzene rings is 3. The van der Waals surface area contributed by atoms with Crippen LogP contribution in [0.2, 0.25) is 0 Å². The van der Waals surface area contributed by atoms with Gasteiger partial charge in [0, 0.05) is 6.42 Å². The number of aliphatic carboxylic acids is 1. The molecule has 3 aromatic rings. The highest BCUT2D eigenvalue weighted by atomic mass is 32.3. The average molecular weight is 666 g/mol. The normalized spacial score (nSPS) is 22.5. The van der Waals surface area contributed by atoms with E-state index in [1.165, 1.54) is 36.4 Å². The number of hydrogen-bond acceptors (Lipinski definition) is 13. The first kappa shape index (κ1) is 34.7. The first-order chi connectivity index (χ1) is 21.5. The van der Waals surface area contributed by atoms with E-state index in [0.717, 1.165) is 0 Å². The number of rotatable bonds is 11. The Balaban J connectivity index is 1.50. The molecule has 0 radical (unpaired) electrons. The molecule has 1 heterocycles. The third-order valence-electron chi connectivity index (χ3n) is 6.65. The highest BCUT2D eigenvalue weighted by Crippen LogP contribution is 2.36. The van der Waals surface area contributed by atoms with Gasteiger partial charge in [-0.2, -0.15) is 0 Å². The molecule has 6 atom stereocenters. The molecule has 0 bridgehead atoms. The second kappa shape index (κ2) is 14.1. The van der Waals surface area contributed by atoms with E-state index in [9.17, 15) is 43.5 Å². The third-order valence-corrected chi connectivity index (χ3v) is 7.43. The number of fused-ring (bicyclic) bond motifs is 1. The number of nitrogens with one attached hydrogen (secondary N) is 1. The number of aliphatic hydroxyl groups excluding tert-OH is 4. The van der Waals surface area contributed by atoms with E-state index in [2.05, 4.69) is 5.32 Å². The Labute approximate surface area is 264 Å². The summed E-state index contributed by atoms with van der Waals surface area (Å²) < 4.78 is 52.4. The largest absolute Gasteiger partial charge is 0.501 e. The van der Waals surface area contributed by atoms with Crippen LogP contribution in [0.5, 0.6) is 17.2 Å². The summed E-state index contributed by atoms with van der Waals surface area (Å²) in [5.74, 6) is -2.10. The summed E-state index contributed by atoms with van der Waals surface area (Å²) in [5, 5.41) is 53.1. The molecule has 1 unspecified atom stereocenters. The third kappa shape index (κ3) is 8.96. The van der Waals surface area contributed by atoms with Gasteiger partial charge < -0.3 is 53.4 Å². The molecule has 0 saturated carbocycles. The second-order valence-corrected chi connectivity index (χ2v) is 12.6. The fourth-order valence-electron chi connectivity index (χ4n) is 4.46. The quantitative estimate of drug-likeness (QED) is 0.169. The number of amides is 1. The van der Waals surface area contributed by atoms with Gasteiger partial charge in [-0.25, -0.2) is 9.59 Å². The number of carboxylic acid groups (broad SMARTS) is 1. The highest BCUT2D eigenvalue weighted by molar-refractivity contribution is 7.82. The molecule has 1 saturated heterocycles. The Bertz CT molecular complexity index is 1640. The Hall–Kier alpha value is -4.19. The molecule has 15 nitrogen and oxygen atoms in total. The van der Waals surface area contributed by atoms with Crippen molar-refractivity contribution < 1.29 is 66.1 Å². The Kier molecular flexibility index (Phi) is 10.6. The van der Waals surface area contributed by atoms with Crippen LogP contribution in [0.25, 0.3) is 10.8 Å². The smallest absolute Gasteiger partial charge is 0.480 e. The SMILES string of the molecule is CC(C)(C)OC(=O)NC(Cc1ccc(OS(=O)(=O)Oc2cc3ccccc3cc2O[C@@H]2O[C@H](CO)[C@H](O)[C@H](O)[C@H]2O)cc1)C(=O)O. The second-order valence-electron chi connectivity index (χ2n) is 11.4. The van der Waals surface area contributed by atoms with Crippen LogP contribution in [-0.2, 0) is 31.1 Å². The highest BCUT2D eigenvalue weighted by Gasteiger charge is 2.45. The summed E-state index contributed by atoms with van der Waals surface area (Å²) in [6.45, 7) is 4.19. The predicted molar refractivity (Wildman–Crippen MR) is 159 cm³/mol. The Morgan fingerprint density at radius 2 is 1.52 bits per heavy atom. The number of carbonyl (C=O) groups excluding carboxylic acids is 1. The van der Waals surface area contributed by atoms with Crippen molar-refractivity contribution in [1.29, 1.82) is 0 Å². The van der Waals surface area contributed by atoms with Gasteiger partial charge in [-0.1, -0.05) is 36.4 Å². The molecular formula is C30H35NO14S. The van der Waals surface area contributed by atoms with Crippen molar-refractivity contribution >= 4 is 33.2 Å². The standard InChI is InChI=1S/C30H35NO14S/c1-30(2,3)43-29(38)31-20(27(36)37)12-16-8-10-19(11-9-16)44-46(39,40)45-22-14-18-7-5-4-6-17(18)13-21(22)41-28-26(35)25(34)24(33)23(15-32)42-28/h4-11,13-14,20,23-26,28,32-35H,12,15H2,1-3H3,(H,31,38)(H,36,37)/t20?,23-,24+,25+,26-,28-/m1/s1. The molecule has 1 fully saturated rings. The van der Waals surface area contributed by atoms with Gasteiger partial charge in [0.15, 0.2) is 11.5 Å². The number of aliphatic hydroxyl groups is 4. The van der Waals surface area contributed by atoms with Gasteiger partial charge in [0.05, 0.1) is 6.61 Å². The van der Waals surface area contributed by atoms with Crippen molar-refractivity contribution in [2.24, 2.45) is 0 Å². The molecule has 250 valence electrons. The van der Waals surface area contributed by atoms with Gasteiger partial charge in [-0.05, 0) is 61.4 Å². The van der Waals surface area contributed by atoms with Gasteiger partial charge in [0.25, 0.3) is 0 Å². The lowest BCUT2D eigenvalue weighted by Gasteiger charge is -2.39. The molecule has 1 amide bonds. The number of carboxylic acids is 1. The first-order valence-electron chi connectivity index (χ1n) is 14.0. The molecule has 1 aliphatic heterocycles. The summed E-state index contributed by atoms with van der Waals surface area (Å²) in [7, 11) is -4.83. The van der Waals surface area contributed by atoms with Crippen molar-refractivity contribution in [2.75, 3.05) is 6.61 Å². The monoisotopic (exact) mass is 665 g/mol. The fraction of sp³-hybridized carbons (Fsp3) is 0.400. The van der Waals surface area contributed by atoms with Gasteiger partial charge in [0.1, 0.15) is 41.8 Å². The molecule has 4 rings (SSSR count). The number of carbonyl (C=O) groups is 2. The van der Waals surface area contributed by atoms with Crippen molar-refractivity contribution in [1.82, 2.24) is 5.32 Å². The topological polar surface area (TPSA) is 228 Å². The molecule has 6 N–H and O–H groups in total. The maximum absolute atomic E-state index is 13.0. The molecule has 0 spiro atoms. The van der Waals surface area contributed by atoms with Gasteiger partial charge >= 0.3 is 22.5 Å². The zero-order valence-electron chi connectivity index (χ0n) is 25.0. The fourth-order valence-corrected chi connectivity index (χ4v) is 5.19.